The molecule has 0 aromatic heterocycles. The summed E-state index contributed by atoms with van der Waals surface area (Å²) in [6, 6.07) is 7.65. The minimum atomic E-state index is -0.310. The van der Waals surface area contributed by atoms with Crippen LogP contribution in [0.3, 0.4) is 0 Å². The van der Waals surface area contributed by atoms with Crippen LogP contribution in [0.4, 0.5) is 4.79 Å². The maximum Gasteiger partial charge on any atom is 0.410 e. The van der Waals surface area contributed by atoms with Crippen LogP contribution in [-0.2, 0) is 14.4 Å². The minimum absolute atomic E-state index is 0.0215. The average Bonchev–Trinajstić information content (AvgIpc) is 3.14. The molecule has 2 saturated heterocycles. The van der Waals surface area contributed by atoms with E-state index < -0.39 is 0 Å². The number of hydrogen-bond donors (Lipinski definition) is 0. The molecule has 0 unspecified atom stereocenters. The molecule has 0 bridgehead atoms. The molecular formula is C17H22N2O5. The van der Waals surface area contributed by atoms with Gasteiger partial charge < -0.3 is 14.4 Å². The first kappa shape index (κ1) is 16.6. The molecule has 2 fully saturated rings. The Kier molecular flexibility index (Phi) is 4.62. The van der Waals surface area contributed by atoms with E-state index in [2.05, 4.69) is 0 Å². The number of cyclic esters (lactones) is 1. The third-order valence-electron chi connectivity index (χ3n) is 4.99. The number of benzene rings is 1. The van der Waals surface area contributed by atoms with Gasteiger partial charge in [-0.25, -0.2) is 9.86 Å². The van der Waals surface area contributed by atoms with Gasteiger partial charge in [0.1, 0.15) is 12.4 Å². The van der Waals surface area contributed by atoms with Gasteiger partial charge in [-0.15, -0.1) is 0 Å². The molecule has 0 N–H and O–H groups in total. The van der Waals surface area contributed by atoms with Crippen LogP contribution in [-0.4, -0.2) is 62.4 Å². The smallest absolute Gasteiger partial charge is 0.410 e. The first-order valence-corrected chi connectivity index (χ1v) is 7.93. The van der Waals surface area contributed by atoms with Crippen molar-refractivity contribution in [3.05, 3.63) is 29.8 Å². The lowest BCUT2D eigenvalue weighted by molar-refractivity contribution is -0.170. The third-order valence-corrected chi connectivity index (χ3v) is 4.99. The number of methoxy groups -OCH3 is 1. The van der Waals surface area contributed by atoms with E-state index in [-0.39, 0.29) is 36.3 Å². The second-order valence-electron chi connectivity index (χ2n) is 6.09. The molecule has 24 heavy (non-hydrogen) atoms. The predicted octanol–water partition coefficient (Wildman–Crippen LogP) is 1.64. The molecule has 2 heterocycles. The van der Waals surface area contributed by atoms with Crippen LogP contribution in [0, 0.1) is 5.92 Å². The summed E-state index contributed by atoms with van der Waals surface area (Å²) in [5.41, 5.74) is 1.01. The van der Waals surface area contributed by atoms with Crippen LogP contribution < -0.4 is 4.74 Å². The molecule has 0 aliphatic carbocycles. The molecule has 0 saturated carbocycles. The molecule has 130 valence electrons. The van der Waals surface area contributed by atoms with E-state index in [0.717, 1.165) is 11.3 Å². The number of rotatable bonds is 5. The number of para-hydroxylation sites is 1. The largest absolute Gasteiger partial charge is 0.496 e. The van der Waals surface area contributed by atoms with E-state index in [0.29, 0.717) is 13.2 Å². The van der Waals surface area contributed by atoms with Gasteiger partial charge in [-0.05, 0) is 11.6 Å². The Morgan fingerprint density at radius 1 is 1.38 bits per heavy atom. The lowest BCUT2D eigenvalue weighted by Crippen LogP contribution is -2.34. The monoisotopic (exact) mass is 334 g/mol. The van der Waals surface area contributed by atoms with Crippen molar-refractivity contribution in [1.29, 1.82) is 0 Å². The van der Waals surface area contributed by atoms with Crippen molar-refractivity contribution in [2.24, 2.45) is 5.92 Å². The molecule has 2 amide bonds. The fourth-order valence-corrected chi connectivity index (χ4v) is 3.66. The fraction of sp³-hybridized carbons (Fsp3) is 0.529. The summed E-state index contributed by atoms with van der Waals surface area (Å²) in [6.07, 6.45) is -0.0276. The van der Waals surface area contributed by atoms with Crippen molar-refractivity contribution < 1.29 is 23.9 Å². The Morgan fingerprint density at radius 3 is 2.83 bits per heavy atom. The van der Waals surface area contributed by atoms with Crippen molar-refractivity contribution >= 4 is 12.0 Å². The second-order valence-corrected chi connectivity index (χ2v) is 6.09. The number of ether oxygens (including phenoxy) is 2. The molecule has 7 heteroatoms. The van der Waals surface area contributed by atoms with Crippen LogP contribution in [0.2, 0.25) is 0 Å². The maximum absolute atomic E-state index is 12.4. The topological polar surface area (TPSA) is 68.3 Å². The molecule has 2 aliphatic heterocycles. The van der Waals surface area contributed by atoms with Gasteiger partial charge in [0.05, 0.1) is 20.3 Å². The Balaban J connectivity index is 1.91. The van der Waals surface area contributed by atoms with Gasteiger partial charge in [-0.3, -0.25) is 9.63 Å². The van der Waals surface area contributed by atoms with Crippen LogP contribution in [0.15, 0.2) is 24.3 Å². The summed E-state index contributed by atoms with van der Waals surface area (Å²) >= 11 is 0. The predicted molar refractivity (Wildman–Crippen MR) is 85.5 cm³/mol. The molecule has 7 nitrogen and oxygen atoms in total. The van der Waals surface area contributed by atoms with Gasteiger partial charge in [0.2, 0.25) is 5.91 Å². The van der Waals surface area contributed by atoms with Crippen molar-refractivity contribution in [3.8, 4) is 5.75 Å². The molecule has 3 atom stereocenters. The summed E-state index contributed by atoms with van der Waals surface area (Å²) in [5.74, 6) is 0.629. The standard InChI is InChI=1S/C17H22N2O5/c1-18(23-3)16(20)8-12-13(9-19-14(12)10-24-17(19)21)11-6-4-5-7-15(11)22-2/h4-7,12-14H,8-10H2,1-3H3/t12-,13+,14+/m0/s1. The lowest BCUT2D eigenvalue weighted by Gasteiger charge is -2.24. The van der Waals surface area contributed by atoms with E-state index >= 15 is 0 Å². The van der Waals surface area contributed by atoms with E-state index in [1.807, 2.05) is 24.3 Å². The highest BCUT2D eigenvalue weighted by Gasteiger charge is 2.50. The van der Waals surface area contributed by atoms with Crippen molar-refractivity contribution in [2.45, 2.75) is 18.4 Å². The Morgan fingerprint density at radius 2 is 2.12 bits per heavy atom. The normalized spacial score (nSPS) is 25.4. The third kappa shape index (κ3) is 2.80. The molecule has 3 rings (SSSR count). The summed E-state index contributed by atoms with van der Waals surface area (Å²) in [6.45, 7) is 0.845. The Hall–Kier alpha value is -2.28. The number of nitrogens with zero attached hydrogens (tertiary/aromatic N) is 2. The highest BCUT2D eigenvalue weighted by atomic mass is 16.7. The molecule has 0 spiro atoms. The zero-order valence-electron chi connectivity index (χ0n) is 14.1. The van der Waals surface area contributed by atoms with Gasteiger partial charge in [0, 0.05) is 31.8 Å². The SMILES string of the molecule is COc1ccccc1[C@H]1CN2C(=O)OC[C@@H]2[C@H]1CC(=O)N(C)OC. The molecule has 1 aromatic carbocycles. The zero-order valence-corrected chi connectivity index (χ0v) is 14.1. The number of fused-ring (bicyclic) bond motifs is 1. The van der Waals surface area contributed by atoms with Crippen LogP contribution in [0.5, 0.6) is 5.75 Å². The highest BCUT2D eigenvalue weighted by molar-refractivity contribution is 5.76. The maximum atomic E-state index is 12.4. The van der Waals surface area contributed by atoms with Gasteiger partial charge >= 0.3 is 6.09 Å². The summed E-state index contributed by atoms with van der Waals surface area (Å²) < 4.78 is 10.6. The molecule has 0 radical (unpaired) electrons. The zero-order chi connectivity index (χ0) is 17.3. The highest BCUT2D eigenvalue weighted by Crippen LogP contribution is 2.44. The Bertz CT molecular complexity index is 635. The van der Waals surface area contributed by atoms with Crippen molar-refractivity contribution in [2.75, 3.05) is 34.4 Å². The molecule has 2 aliphatic rings. The minimum Gasteiger partial charge on any atom is -0.496 e. The summed E-state index contributed by atoms with van der Waals surface area (Å²) in [4.78, 5) is 31.0. The van der Waals surface area contributed by atoms with E-state index in [9.17, 15) is 9.59 Å². The molecule has 1 aromatic rings. The number of amides is 2. The summed E-state index contributed by atoms with van der Waals surface area (Å²) in [5, 5.41) is 1.22. The second kappa shape index (κ2) is 6.68. The van der Waals surface area contributed by atoms with Crippen molar-refractivity contribution in [3.63, 3.8) is 0 Å². The van der Waals surface area contributed by atoms with Gasteiger partial charge in [-0.2, -0.15) is 0 Å². The van der Waals surface area contributed by atoms with E-state index in [1.165, 1.54) is 12.2 Å². The number of hydrogen-bond acceptors (Lipinski definition) is 5. The van der Waals surface area contributed by atoms with Gasteiger partial charge in [0.25, 0.3) is 0 Å². The van der Waals surface area contributed by atoms with Crippen molar-refractivity contribution in [1.82, 2.24) is 9.96 Å². The summed E-state index contributed by atoms with van der Waals surface area (Å²) in [7, 11) is 4.67. The van der Waals surface area contributed by atoms with E-state index in [1.54, 1.807) is 19.1 Å². The van der Waals surface area contributed by atoms with Crippen LogP contribution >= 0.6 is 0 Å². The molecular weight excluding hydrogens is 312 g/mol. The fourth-order valence-electron chi connectivity index (χ4n) is 3.66. The van der Waals surface area contributed by atoms with Gasteiger partial charge in [-0.1, -0.05) is 18.2 Å². The number of hydroxylamine groups is 2. The van der Waals surface area contributed by atoms with Crippen LogP contribution in [0.25, 0.3) is 0 Å². The lowest BCUT2D eigenvalue weighted by atomic mass is 9.82. The van der Waals surface area contributed by atoms with Crippen LogP contribution in [0.1, 0.15) is 17.9 Å². The Labute approximate surface area is 141 Å². The number of carbonyl (C=O) groups excluding carboxylic acids is 2. The van der Waals surface area contributed by atoms with Gasteiger partial charge in [0.15, 0.2) is 0 Å². The number of carbonyl (C=O) groups is 2. The van der Waals surface area contributed by atoms with E-state index in [4.69, 9.17) is 14.3 Å². The first-order valence-electron chi connectivity index (χ1n) is 7.93. The quantitative estimate of drug-likeness (QED) is 0.766. The average molecular weight is 334 g/mol. The first-order chi connectivity index (χ1) is 11.6.